The van der Waals surface area contributed by atoms with Crippen LogP contribution in [-0.2, 0) is 0 Å². The number of ether oxygens (including phenoxy) is 2. The van der Waals surface area contributed by atoms with Gasteiger partial charge in [-0.1, -0.05) is 66.2 Å². The van der Waals surface area contributed by atoms with Crippen molar-refractivity contribution in [3.05, 3.63) is 32.2 Å². The van der Waals surface area contributed by atoms with Crippen molar-refractivity contribution in [1.82, 2.24) is 0 Å². The Kier molecular flexibility index (Phi) is 12.6. The Balaban J connectivity index is 2.54. The molecular weight excluding hydrogens is 560 g/mol. The summed E-state index contributed by atoms with van der Waals surface area (Å²) in [4.78, 5) is 24.0. The monoisotopic (exact) mass is 596 g/mol. The van der Waals surface area contributed by atoms with Crippen molar-refractivity contribution in [3.63, 3.8) is 0 Å². The number of carbonyl (C=O) groups excluding carboxylic acids is 2. The van der Waals surface area contributed by atoms with E-state index < -0.39 is 0 Å². The summed E-state index contributed by atoms with van der Waals surface area (Å²) in [6.07, 6.45) is 10.5. The van der Waals surface area contributed by atoms with Crippen LogP contribution in [0.3, 0.4) is 0 Å². The maximum Gasteiger partial charge on any atom is 0.154 e. The lowest BCUT2D eigenvalue weighted by Crippen LogP contribution is -2.14. The maximum absolute atomic E-state index is 12.0. The van der Waals surface area contributed by atoms with E-state index in [4.69, 9.17) is 9.47 Å². The zero-order chi connectivity index (χ0) is 25.1. The molecule has 0 heterocycles. The van der Waals surface area contributed by atoms with Crippen molar-refractivity contribution in [2.24, 2.45) is 11.8 Å². The molecule has 34 heavy (non-hydrogen) atoms. The molecule has 0 bridgehead atoms. The zero-order valence-electron chi connectivity index (χ0n) is 20.9. The second-order valence-electron chi connectivity index (χ2n) is 8.99. The third kappa shape index (κ3) is 7.30. The van der Waals surface area contributed by atoms with E-state index in [1.807, 2.05) is 12.1 Å². The molecule has 0 N–H and O–H groups in total. The van der Waals surface area contributed by atoms with Crippen LogP contribution in [-0.4, -0.2) is 25.8 Å². The van der Waals surface area contributed by atoms with Gasteiger partial charge in [0.1, 0.15) is 11.5 Å². The normalized spacial score (nSPS) is 13.0. The molecule has 0 spiro atoms. The summed E-state index contributed by atoms with van der Waals surface area (Å²) in [6, 6.07) is 3.73. The third-order valence-electron chi connectivity index (χ3n) is 6.57. The van der Waals surface area contributed by atoms with E-state index >= 15 is 0 Å². The molecule has 2 rings (SSSR count). The van der Waals surface area contributed by atoms with Gasteiger partial charge in [-0.25, -0.2) is 0 Å². The Hall–Kier alpha value is -1.40. The molecule has 2 aromatic rings. The largest absolute Gasteiger partial charge is 0.492 e. The second-order valence-corrected chi connectivity index (χ2v) is 10.7. The number of rotatable bonds is 16. The van der Waals surface area contributed by atoms with Gasteiger partial charge in [-0.05, 0) is 68.7 Å². The van der Waals surface area contributed by atoms with Crippen molar-refractivity contribution >= 4 is 55.2 Å². The third-order valence-corrected chi connectivity index (χ3v) is 7.89. The number of halogens is 2. The minimum atomic E-state index is 0.422. The fourth-order valence-electron chi connectivity index (χ4n) is 4.18. The Morgan fingerprint density at radius 1 is 0.735 bits per heavy atom. The highest BCUT2D eigenvalue weighted by atomic mass is 79.9. The molecule has 0 saturated heterocycles. The molecule has 2 aromatic carbocycles. The van der Waals surface area contributed by atoms with Gasteiger partial charge >= 0.3 is 0 Å². The van der Waals surface area contributed by atoms with E-state index in [9.17, 15) is 9.59 Å². The average Bonchev–Trinajstić information content (AvgIpc) is 2.84. The van der Waals surface area contributed by atoms with E-state index in [0.29, 0.717) is 56.6 Å². The molecule has 188 valence electrons. The highest BCUT2D eigenvalue weighted by molar-refractivity contribution is 9.10. The fraction of sp³-hybridized carbons (Fsp3) is 0.571. The Labute approximate surface area is 221 Å². The minimum absolute atomic E-state index is 0.422. The van der Waals surface area contributed by atoms with E-state index in [2.05, 4.69) is 59.6 Å². The van der Waals surface area contributed by atoms with Crippen LogP contribution in [0.1, 0.15) is 99.8 Å². The Morgan fingerprint density at radius 3 is 1.41 bits per heavy atom. The van der Waals surface area contributed by atoms with Crippen molar-refractivity contribution in [1.29, 1.82) is 0 Å². The molecule has 0 fully saturated rings. The minimum Gasteiger partial charge on any atom is -0.492 e. The van der Waals surface area contributed by atoms with Crippen molar-refractivity contribution < 1.29 is 19.1 Å². The number of hydrogen-bond donors (Lipinski definition) is 0. The zero-order valence-corrected chi connectivity index (χ0v) is 24.1. The average molecular weight is 598 g/mol. The van der Waals surface area contributed by atoms with Gasteiger partial charge in [0.15, 0.2) is 12.6 Å². The van der Waals surface area contributed by atoms with Crippen LogP contribution >= 0.6 is 31.9 Å². The van der Waals surface area contributed by atoms with Crippen LogP contribution in [0.4, 0.5) is 0 Å². The summed E-state index contributed by atoms with van der Waals surface area (Å²) >= 11 is 7.11. The quantitative estimate of drug-likeness (QED) is 0.181. The van der Waals surface area contributed by atoms with E-state index in [1.165, 1.54) is 0 Å². The van der Waals surface area contributed by atoms with Crippen LogP contribution < -0.4 is 9.47 Å². The summed E-state index contributed by atoms with van der Waals surface area (Å²) in [5.41, 5.74) is 0.952. The van der Waals surface area contributed by atoms with Crippen molar-refractivity contribution in [2.45, 2.75) is 79.1 Å². The van der Waals surface area contributed by atoms with E-state index in [-0.39, 0.29) is 0 Å². The first-order valence-corrected chi connectivity index (χ1v) is 14.2. The summed E-state index contributed by atoms with van der Waals surface area (Å²) < 4.78 is 13.9. The standard InChI is InChI=1S/C28H38Br2O4/c1-5-9-11-19(7-3)17-33-27-21-13-26(30)24(16-32)28(22(21)14-25(29)23(27)15-31)34-18-20(8-4)12-10-6-2/h13-16,19-20H,5-12,17-18H2,1-4H3. The Morgan fingerprint density at radius 2 is 1.12 bits per heavy atom. The van der Waals surface area contributed by atoms with Gasteiger partial charge < -0.3 is 9.47 Å². The lowest BCUT2D eigenvalue weighted by atomic mass is 9.99. The molecule has 0 amide bonds. The topological polar surface area (TPSA) is 52.6 Å². The lowest BCUT2D eigenvalue weighted by Gasteiger charge is -2.22. The van der Waals surface area contributed by atoms with Crippen LogP contribution in [0.25, 0.3) is 10.8 Å². The smallest absolute Gasteiger partial charge is 0.154 e. The van der Waals surface area contributed by atoms with Gasteiger partial charge in [0.05, 0.1) is 24.3 Å². The number of hydrogen-bond acceptors (Lipinski definition) is 4. The van der Waals surface area contributed by atoms with Crippen molar-refractivity contribution in [3.8, 4) is 11.5 Å². The summed E-state index contributed by atoms with van der Waals surface area (Å²) in [5, 5.41) is 1.54. The predicted octanol–water partition coefficient (Wildman–Crippen LogP) is 9.18. The fourth-order valence-corrected chi connectivity index (χ4v) is 5.18. The van der Waals surface area contributed by atoms with Gasteiger partial charge in [-0.15, -0.1) is 0 Å². The molecule has 0 aliphatic rings. The van der Waals surface area contributed by atoms with Crippen molar-refractivity contribution in [2.75, 3.05) is 13.2 Å². The molecular formula is C28H38Br2O4. The molecule has 0 radical (unpaired) electrons. The molecule has 6 heteroatoms. The van der Waals surface area contributed by atoms with Crippen LogP contribution in [0.15, 0.2) is 21.1 Å². The number of carbonyl (C=O) groups is 2. The summed E-state index contributed by atoms with van der Waals surface area (Å²) in [6.45, 7) is 9.81. The molecule has 0 aromatic heterocycles. The van der Waals surface area contributed by atoms with Crippen LogP contribution in [0.2, 0.25) is 0 Å². The number of unbranched alkanes of at least 4 members (excludes halogenated alkanes) is 2. The first-order chi connectivity index (χ1) is 16.4. The van der Waals surface area contributed by atoms with E-state index in [1.54, 1.807) is 0 Å². The van der Waals surface area contributed by atoms with E-state index in [0.717, 1.165) is 74.7 Å². The van der Waals surface area contributed by atoms with Gasteiger partial charge in [-0.3, -0.25) is 9.59 Å². The van der Waals surface area contributed by atoms with Gasteiger partial charge in [-0.2, -0.15) is 0 Å². The van der Waals surface area contributed by atoms with Gasteiger partial charge in [0, 0.05) is 19.7 Å². The summed E-state index contributed by atoms with van der Waals surface area (Å²) in [7, 11) is 0. The molecule has 0 saturated carbocycles. The molecule has 2 atom stereocenters. The maximum atomic E-state index is 12.0. The summed E-state index contributed by atoms with van der Waals surface area (Å²) in [5.74, 6) is 1.92. The van der Waals surface area contributed by atoms with Crippen LogP contribution in [0.5, 0.6) is 11.5 Å². The lowest BCUT2D eigenvalue weighted by molar-refractivity contribution is 0.110. The predicted molar refractivity (Wildman–Crippen MR) is 148 cm³/mol. The SMILES string of the molecule is CCCCC(CC)COc1c(C=O)c(Br)cc2c(OCC(CC)CCCC)c(C=O)c(Br)cc12. The van der Waals surface area contributed by atoms with Gasteiger partial charge in [0.25, 0.3) is 0 Å². The Bertz CT molecular complexity index is 880. The number of fused-ring (bicyclic) bond motifs is 1. The highest BCUT2D eigenvalue weighted by Crippen LogP contribution is 2.43. The van der Waals surface area contributed by atoms with Crippen LogP contribution in [0, 0.1) is 11.8 Å². The number of benzene rings is 2. The molecule has 0 aliphatic heterocycles. The first-order valence-electron chi connectivity index (χ1n) is 12.6. The first kappa shape index (κ1) is 28.8. The van der Waals surface area contributed by atoms with Gasteiger partial charge in [0.2, 0.25) is 0 Å². The molecule has 4 nitrogen and oxygen atoms in total. The number of aldehydes is 2. The molecule has 2 unspecified atom stereocenters. The highest BCUT2D eigenvalue weighted by Gasteiger charge is 2.22. The second kappa shape index (κ2) is 14.9. The molecule has 0 aliphatic carbocycles.